The molecule has 0 aliphatic carbocycles. The largest absolute Gasteiger partial charge is 0.386 e. The van der Waals surface area contributed by atoms with Crippen LogP contribution in [0.4, 0.5) is 0 Å². The molecule has 0 heterocycles. The zero-order chi connectivity index (χ0) is 12.3. The number of hydrogen-bond acceptors (Lipinski definition) is 3. The van der Waals surface area contributed by atoms with Crippen molar-refractivity contribution >= 4 is 37.4 Å². The van der Waals surface area contributed by atoms with Gasteiger partial charge >= 0.3 is 0 Å². The van der Waals surface area contributed by atoms with Gasteiger partial charge in [-0.1, -0.05) is 46.6 Å². The van der Waals surface area contributed by atoms with Gasteiger partial charge in [-0.15, -0.1) is 0 Å². The minimum Gasteiger partial charge on any atom is -0.386 e. The molecule has 0 spiro atoms. The van der Waals surface area contributed by atoms with Gasteiger partial charge in [0.05, 0.1) is 0 Å². The van der Waals surface area contributed by atoms with Crippen molar-refractivity contribution in [2.75, 3.05) is 5.75 Å². The molecule has 0 aliphatic heterocycles. The third-order valence-corrected chi connectivity index (χ3v) is 6.38. The summed E-state index contributed by atoms with van der Waals surface area (Å²) in [7, 11) is -3.33. The Kier molecular flexibility index (Phi) is 4.79. The Hall–Kier alpha value is -0.100. The van der Waals surface area contributed by atoms with Crippen molar-refractivity contribution < 1.29 is 13.5 Å². The molecule has 0 amide bonds. The Morgan fingerprint density at radius 1 is 1.50 bits per heavy atom. The molecule has 0 saturated heterocycles. The molecule has 1 aromatic rings. The summed E-state index contributed by atoms with van der Waals surface area (Å²) in [6, 6.07) is 6.51. The van der Waals surface area contributed by atoms with E-state index in [1.807, 2.05) is 0 Å². The molecule has 3 nitrogen and oxygen atoms in total. The lowest BCUT2D eigenvalue weighted by molar-refractivity contribution is 0.195. The number of hydrogen-bond donors (Lipinski definition) is 1. The van der Waals surface area contributed by atoms with Crippen LogP contribution in [0.3, 0.4) is 0 Å². The molecule has 1 rings (SSSR count). The summed E-state index contributed by atoms with van der Waals surface area (Å²) in [6.45, 7) is 1.54. The molecule has 0 bridgehead atoms. The van der Waals surface area contributed by atoms with Gasteiger partial charge in [0.2, 0.25) is 0 Å². The van der Waals surface area contributed by atoms with Crippen LogP contribution in [0.2, 0.25) is 5.02 Å². The van der Waals surface area contributed by atoms with Crippen LogP contribution in [-0.4, -0.2) is 23.4 Å². The molecular weight excluding hydrogens is 316 g/mol. The first kappa shape index (κ1) is 14.0. The quantitative estimate of drug-likeness (QED) is 0.865. The summed E-state index contributed by atoms with van der Waals surface area (Å²) in [5, 5.41) is 10.4. The van der Waals surface area contributed by atoms with Gasteiger partial charge in [-0.25, -0.2) is 8.42 Å². The van der Waals surface area contributed by atoms with Crippen LogP contribution < -0.4 is 0 Å². The predicted octanol–water partition coefficient (Wildman–Crippen LogP) is 2.53. The van der Waals surface area contributed by atoms with Gasteiger partial charge in [-0.3, -0.25) is 0 Å². The molecule has 0 fully saturated rings. The van der Waals surface area contributed by atoms with E-state index in [0.717, 1.165) is 0 Å². The highest BCUT2D eigenvalue weighted by Gasteiger charge is 2.29. The van der Waals surface area contributed by atoms with Gasteiger partial charge < -0.3 is 5.11 Å². The van der Waals surface area contributed by atoms with E-state index in [9.17, 15) is 13.5 Å². The van der Waals surface area contributed by atoms with Crippen LogP contribution in [0, 0.1) is 0 Å². The van der Waals surface area contributed by atoms with Crippen molar-refractivity contribution in [1.82, 2.24) is 0 Å². The Morgan fingerprint density at radius 3 is 2.62 bits per heavy atom. The summed E-state index contributed by atoms with van der Waals surface area (Å²) < 4.78 is 22.1. The Balaban J connectivity index is 2.99. The zero-order valence-electron chi connectivity index (χ0n) is 8.60. The fourth-order valence-corrected chi connectivity index (χ4v) is 3.36. The molecular formula is C10H12BrClO3S. The number of rotatable bonds is 4. The molecule has 2 unspecified atom stereocenters. The van der Waals surface area contributed by atoms with Gasteiger partial charge in [-0.2, -0.15) is 0 Å². The summed E-state index contributed by atoms with van der Waals surface area (Å²) in [5.74, 6) is -0.0272. The van der Waals surface area contributed by atoms with Crippen LogP contribution in [0.25, 0.3) is 0 Å². The number of sulfone groups is 1. The second-order valence-corrected chi connectivity index (χ2v) is 7.74. The highest BCUT2D eigenvalue weighted by atomic mass is 79.9. The zero-order valence-corrected chi connectivity index (χ0v) is 11.8. The van der Waals surface area contributed by atoms with Crippen molar-refractivity contribution in [3.63, 3.8) is 0 Å². The van der Waals surface area contributed by atoms with Crippen LogP contribution >= 0.6 is 27.5 Å². The summed E-state index contributed by atoms with van der Waals surface area (Å²) in [4.78, 5) is 0. The van der Waals surface area contributed by atoms with E-state index in [1.54, 1.807) is 24.3 Å². The normalized spacial score (nSPS) is 15.8. The van der Waals surface area contributed by atoms with Crippen LogP contribution in [0.5, 0.6) is 0 Å². The topological polar surface area (TPSA) is 54.4 Å². The third kappa shape index (κ3) is 3.20. The van der Waals surface area contributed by atoms with Crippen molar-refractivity contribution in [3.05, 3.63) is 34.9 Å². The molecule has 16 heavy (non-hydrogen) atoms. The SMILES string of the molecule is CCS(=O)(=O)C(Br)C(O)c1cccc(Cl)c1. The monoisotopic (exact) mass is 326 g/mol. The third-order valence-electron chi connectivity index (χ3n) is 2.18. The summed E-state index contributed by atoms with van der Waals surface area (Å²) in [5.41, 5.74) is 0.478. The molecule has 2 atom stereocenters. The fourth-order valence-electron chi connectivity index (χ4n) is 1.20. The predicted molar refractivity (Wildman–Crippen MR) is 68.6 cm³/mol. The lowest BCUT2D eigenvalue weighted by Crippen LogP contribution is -2.24. The smallest absolute Gasteiger partial charge is 0.165 e. The van der Waals surface area contributed by atoms with Gasteiger partial charge in [0.1, 0.15) is 10.3 Å². The van der Waals surface area contributed by atoms with E-state index in [0.29, 0.717) is 10.6 Å². The molecule has 1 aromatic carbocycles. The molecule has 0 aromatic heterocycles. The Morgan fingerprint density at radius 2 is 2.12 bits per heavy atom. The molecule has 0 radical (unpaired) electrons. The first-order valence-corrected chi connectivity index (χ1v) is 7.68. The maximum atomic E-state index is 11.6. The minimum absolute atomic E-state index is 0.0272. The average molecular weight is 328 g/mol. The minimum atomic E-state index is -3.33. The van der Waals surface area contributed by atoms with E-state index in [1.165, 1.54) is 6.92 Å². The first-order valence-electron chi connectivity index (χ1n) is 4.67. The first-order chi connectivity index (χ1) is 7.38. The molecule has 0 aliphatic rings. The highest BCUT2D eigenvalue weighted by molar-refractivity contribution is 9.11. The number of alkyl halides is 1. The standard InChI is InChI=1S/C10H12BrClO3S/c1-2-16(14,15)10(11)9(13)7-4-3-5-8(12)6-7/h3-6,9-10,13H,2H2,1H3. The number of aliphatic hydroxyl groups excluding tert-OH is 1. The van der Waals surface area contributed by atoms with Crippen LogP contribution in [0.1, 0.15) is 18.6 Å². The molecule has 90 valence electrons. The average Bonchev–Trinajstić information content (AvgIpc) is 2.27. The maximum absolute atomic E-state index is 11.6. The van der Waals surface area contributed by atoms with Crippen LogP contribution in [0.15, 0.2) is 24.3 Å². The fraction of sp³-hybridized carbons (Fsp3) is 0.400. The van der Waals surface area contributed by atoms with Crippen molar-refractivity contribution in [1.29, 1.82) is 0 Å². The van der Waals surface area contributed by atoms with Gasteiger partial charge in [0.25, 0.3) is 0 Å². The Bertz CT molecular complexity index is 461. The van der Waals surface area contributed by atoms with Crippen molar-refractivity contribution in [2.24, 2.45) is 0 Å². The van der Waals surface area contributed by atoms with Gasteiger partial charge in [0.15, 0.2) is 9.84 Å². The number of halogens is 2. The van der Waals surface area contributed by atoms with Gasteiger partial charge in [-0.05, 0) is 17.7 Å². The maximum Gasteiger partial charge on any atom is 0.165 e. The summed E-state index contributed by atoms with van der Waals surface area (Å²) >= 11 is 8.77. The Labute approximate surface area is 108 Å². The number of benzene rings is 1. The molecule has 1 N–H and O–H groups in total. The highest BCUT2D eigenvalue weighted by Crippen LogP contribution is 2.28. The summed E-state index contributed by atoms with van der Waals surface area (Å²) in [6.07, 6.45) is -1.12. The van der Waals surface area contributed by atoms with E-state index in [2.05, 4.69) is 15.9 Å². The second kappa shape index (κ2) is 5.49. The van der Waals surface area contributed by atoms with E-state index in [-0.39, 0.29) is 5.75 Å². The number of aliphatic hydroxyl groups is 1. The second-order valence-electron chi connectivity index (χ2n) is 3.30. The van der Waals surface area contributed by atoms with Gasteiger partial charge in [0, 0.05) is 10.8 Å². The lowest BCUT2D eigenvalue weighted by Gasteiger charge is -2.17. The lowest BCUT2D eigenvalue weighted by atomic mass is 10.1. The van der Waals surface area contributed by atoms with Crippen molar-refractivity contribution in [3.8, 4) is 0 Å². The van der Waals surface area contributed by atoms with Crippen LogP contribution in [-0.2, 0) is 9.84 Å². The van der Waals surface area contributed by atoms with E-state index < -0.39 is 20.1 Å². The molecule has 6 heteroatoms. The van der Waals surface area contributed by atoms with E-state index >= 15 is 0 Å². The molecule has 0 saturated carbocycles. The van der Waals surface area contributed by atoms with Crippen molar-refractivity contribution in [2.45, 2.75) is 17.2 Å². The van der Waals surface area contributed by atoms with E-state index in [4.69, 9.17) is 11.6 Å².